The zero-order valence-corrected chi connectivity index (χ0v) is 11.7. The van der Waals surface area contributed by atoms with Gasteiger partial charge in [-0.15, -0.1) is 0 Å². The third kappa shape index (κ3) is 3.14. The van der Waals surface area contributed by atoms with E-state index in [0.29, 0.717) is 0 Å². The lowest BCUT2D eigenvalue weighted by Crippen LogP contribution is -2.21. The monoisotopic (exact) mass is 244 g/mol. The Bertz CT molecular complexity index is 497. The van der Waals surface area contributed by atoms with E-state index in [1.165, 1.54) is 22.9 Å². The van der Waals surface area contributed by atoms with Gasteiger partial charge in [-0.25, -0.2) is 0 Å². The lowest BCUT2D eigenvalue weighted by molar-refractivity contribution is 0.525. The quantitative estimate of drug-likeness (QED) is 0.768. The molecule has 0 saturated heterocycles. The Balaban J connectivity index is 1.90. The Morgan fingerprint density at radius 2 is 2.06 bits per heavy atom. The van der Waals surface area contributed by atoms with Crippen molar-refractivity contribution >= 4 is 10.9 Å². The Kier molecular flexibility index (Phi) is 4.43. The second kappa shape index (κ2) is 6.05. The highest BCUT2D eigenvalue weighted by molar-refractivity contribution is 5.83. The summed E-state index contributed by atoms with van der Waals surface area (Å²) in [7, 11) is 0. The van der Waals surface area contributed by atoms with Gasteiger partial charge in [-0.1, -0.05) is 26.0 Å². The van der Waals surface area contributed by atoms with Crippen molar-refractivity contribution in [2.24, 2.45) is 5.92 Å². The molecule has 0 radical (unpaired) electrons. The van der Waals surface area contributed by atoms with Crippen LogP contribution in [-0.2, 0) is 6.54 Å². The number of aromatic nitrogens is 1. The minimum Gasteiger partial charge on any atom is -0.347 e. The molecular formula is C16H24N2. The van der Waals surface area contributed by atoms with Gasteiger partial charge in [-0.05, 0) is 50.0 Å². The first-order chi connectivity index (χ1) is 8.68. The third-order valence-corrected chi connectivity index (χ3v) is 3.34. The molecule has 2 heteroatoms. The van der Waals surface area contributed by atoms with E-state index >= 15 is 0 Å². The van der Waals surface area contributed by atoms with Crippen molar-refractivity contribution in [1.82, 2.24) is 9.88 Å². The Morgan fingerprint density at radius 1 is 1.22 bits per heavy atom. The van der Waals surface area contributed by atoms with Crippen molar-refractivity contribution in [3.8, 4) is 0 Å². The van der Waals surface area contributed by atoms with Crippen LogP contribution in [0.2, 0.25) is 0 Å². The maximum atomic E-state index is 3.49. The lowest BCUT2D eigenvalue weighted by atomic mass is 10.1. The van der Waals surface area contributed by atoms with Gasteiger partial charge in [0.15, 0.2) is 0 Å². The highest BCUT2D eigenvalue weighted by Gasteiger charge is 2.02. The maximum Gasteiger partial charge on any atom is 0.0482 e. The predicted molar refractivity (Wildman–Crippen MR) is 79.0 cm³/mol. The largest absolute Gasteiger partial charge is 0.347 e. The van der Waals surface area contributed by atoms with Gasteiger partial charge in [-0.2, -0.15) is 0 Å². The molecule has 0 aliphatic rings. The molecule has 0 aliphatic heterocycles. The molecule has 1 aromatic heterocycles. The fraction of sp³-hybridized carbons (Fsp3) is 0.500. The van der Waals surface area contributed by atoms with E-state index in [1.54, 1.807) is 0 Å². The molecule has 2 nitrogen and oxygen atoms in total. The zero-order valence-electron chi connectivity index (χ0n) is 11.7. The van der Waals surface area contributed by atoms with E-state index in [9.17, 15) is 0 Å². The predicted octanol–water partition coefficient (Wildman–Crippen LogP) is 3.59. The van der Waals surface area contributed by atoms with Gasteiger partial charge < -0.3 is 9.88 Å². The molecule has 0 fully saturated rings. The lowest BCUT2D eigenvalue weighted by Gasteiger charge is -2.09. The first-order valence-electron chi connectivity index (χ1n) is 6.93. The summed E-state index contributed by atoms with van der Waals surface area (Å²) in [4.78, 5) is 0. The van der Waals surface area contributed by atoms with Crippen LogP contribution >= 0.6 is 0 Å². The van der Waals surface area contributed by atoms with Crippen LogP contribution in [0.4, 0.5) is 0 Å². The standard InChI is InChI=1S/C16H24N2/c1-13(2)12-17-9-5-10-18-11-8-15-14(3)6-4-7-16(15)18/h4,6-8,11,13,17H,5,9-10,12H2,1-3H3. The van der Waals surface area contributed by atoms with Gasteiger partial charge in [0.2, 0.25) is 0 Å². The average molecular weight is 244 g/mol. The van der Waals surface area contributed by atoms with Crippen molar-refractivity contribution in [2.45, 2.75) is 33.7 Å². The molecule has 18 heavy (non-hydrogen) atoms. The van der Waals surface area contributed by atoms with E-state index in [2.05, 4.69) is 61.1 Å². The van der Waals surface area contributed by atoms with Crippen molar-refractivity contribution < 1.29 is 0 Å². The summed E-state index contributed by atoms with van der Waals surface area (Å²) in [6, 6.07) is 8.76. The SMILES string of the molecule is Cc1cccc2c1ccn2CCCNCC(C)C. The van der Waals surface area contributed by atoms with Crippen molar-refractivity contribution in [3.05, 3.63) is 36.0 Å². The van der Waals surface area contributed by atoms with Crippen LogP contribution in [0.5, 0.6) is 0 Å². The van der Waals surface area contributed by atoms with Crippen LogP contribution in [0.25, 0.3) is 10.9 Å². The van der Waals surface area contributed by atoms with Gasteiger partial charge in [-0.3, -0.25) is 0 Å². The fourth-order valence-corrected chi connectivity index (χ4v) is 2.34. The molecule has 1 aromatic carbocycles. The molecule has 0 atom stereocenters. The summed E-state index contributed by atoms with van der Waals surface area (Å²) in [5.74, 6) is 0.736. The number of hydrogen-bond acceptors (Lipinski definition) is 1. The van der Waals surface area contributed by atoms with Gasteiger partial charge in [0.25, 0.3) is 0 Å². The summed E-state index contributed by atoms with van der Waals surface area (Å²) >= 11 is 0. The Hall–Kier alpha value is -1.28. The topological polar surface area (TPSA) is 17.0 Å². The molecule has 2 aromatic rings. The Morgan fingerprint density at radius 3 is 2.83 bits per heavy atom. The van der Waals surface area contributed by atoms with Crippen LogP contribution in [-0.4, -0.2) is 17.7 Å². The molecule has 98 valence electrons. The van der Waals surface area contributed by atoms with Crippen LogP contribution in [0.3, 0.4) is 0 Å². The van der Waals surface area contributed by atoms with Crippen LogP contribution in [0.15, 0.2) is 30.5 Å². The van der Waals surface area contributed by atoms with Crippen molar-refractivity contribution in [2.75, 3.05) is 13.1 Å². The maximum absolute atomic E-state index is 3.49. The fourth-order valence-electron chi connectivity index (χ4n) is 2.34. The van der Waals surface area contributed by atoms with Gasteiger partial charge in [0, 0.05) is 23.6 Å². The van der Waals surface area contributed by atoms with Gasteiger partial charge in [0.1, 0.15) is 0 Å². The summed E-state index contributed by atoms with van der Waals surface area (Å²) in [5.41, 5.74) is 2.73. The summed E-state index contributed by atoms with van der Waals surface area (Å²) < 4.78 is 2.36. The molecule has 0 bridgehead atoms. The Labute approximate surface area is 110 Å². The van der Waals surface area contributed by atoms with E-state index in [4.69, 9.17) is 0 Å². The van der Waals surface area contributed by atoms with E-state index < -0.39 is 0 Å². The number of nitrogens with zero attached hydrogens (tertiary/aromatic N) is 1. The zero-order chi connectivity index (χ0) is 13.0. The third-order valence-electron chi connectivity index (χ3n) is 3.34. The summed E-state index contributed by atoms with van der Waals surface area (Å²) in [5, 5.41) is 4.88. The summed E-state index contributed by atoms with van der Waals surface area (Å²) in [6.07, 6.45) is 3.39. The number of benzene rings is 1. The minimum absolute atomic E-state index is 0.736. The van der Waals surface area contributed by atoms with E-state index in [-0.39, 0.29) is 0 Å². The number of hydrogen-bond donors (Lipinski definition) is 1. The molecular weight excluding hydrogens is 220 g/mol. The van der Waals surface area contributed by atoms with Crippen molar-refractivity contribution in [3.63, 3.8) is 0 Å². The summed E-state index contributed by atoms with van der Waals surface area (Å²) in [6.45, 7) is 9.98. The number of nitrogens with one attached hydrogen (secondary N) is 1. The van der Waals surface area contributed by atoms with Crippen LogP contribution < -0.4 is 5.32 Å². The van der Waals surface area contributed by atoms with Crippen LogP contribution in [0.1, 0.15) is 25.8 Å². The average Bonchev–Trinajstić information content (AvgIpc) is 2.73. The highest BCUT2D eigenvalue weighted by atomic mass is 15.0. The minimum atomic E-state index is 0.736. The number of rotatable bonds is 6. The normalized spacial score (nSPS) is 11.6. The second-order valence-electron chi connectivity index (χ2n) is 5.47. The molecule has 0 amide bonds. The number of fused-ring (bicyclic) bond motifs is 1. The van der Waals surface area contributed by atoms with Crippen molar-refractivity contribution in [1.29, 1.82) is 0 Å². The second-order valence-corrected chi connectivity index (χ2v) is 5.47. The first-order valence-corrected chi connectivity index (χ1v) is 6.93. The van der Waals surface area contributed by atoms with Crippen LogP contribution in [0, 0.1) is 12.8 Å². The molecule has 1 N–H and O–H groups in total. The number of aryl methyl sites for hydroxylation is 2. The van der Waals surface area contributed by atoms with Gasteiger partial charge >= 0.3 is 0 Å². The molecule has 0 saturated carbocycles. The first kappa shape index (κ1) is 13.2. The highest BCUT2D eigenvalue weighted by Crippen LogP contribution is 2.19. The smallest absolute Gasteiger partial charge is 0.0482 e. The molecule has 0 unspecified atom stereocenters. The van der Waals surface area contributed by atoms with E-state index in [0.717, 1.165) is 25.6 Å². The van der Waals surface area contributed by atoms with E-state index in [1.807, 2.05) is 0 Å². The molecule has 0 spiro atoms. The van der Waals surface area contributed by atoms with Gasteiger partial charge in [0.05, 0.1) is 0 Å². The molecule has 1 heterocycles. The molecule has 0 aliphatic carbocycles. The molecule has 2 rings (SSSR count).